The predicted molar refractivity (Wildman–Crippen MR) is 142 cm³/mol. The van der Waals surface area contributed by atoms with Gasteiger partial charge in [0.2, 0.25) is 0 Å². The van der Waals surface area contributed by atoms with Gasteiger partial charge in [-0.3, -0.25) is 38.6 Å². The largest absolute Gasteiger partial charge is 0.352 e. The molecule has 0 radical (unpaired) electrons. The van der Waals surface area contributed by atoms with E-state index in [1.54, 1.807) is 0 Å². The van der Waals surface area contributed by atoms with Crippen molar-refractivity contribution < 1.29 is 28.8 Å². The van der Waals surface area contributed by atoms with Gasteiger partial charge in [-0.25, -0.2) is 0 Å². The average molecular weight is 523 g/mol. The van der Waals surface area contributed by atoms with Crippen molar-refractivity contribution in [2.24, 2.45) is 0 Å². The number of benzene rings is 2. The van der Waals surface area contributed by atoms with Crippen LogP contribution in [0.3, 0.4) is 0 Å². The van der Waals surface area contributed by atoms with E-state index in [0.717, 1.165) is 9.80 Å². The van der Waals surface area contributed by atoms with Crippen molar-refractivity contribution in [3.8, 4) is 0 Å². The van der Waals surface area contributed by atoms with E-state index in [1.165, 1.54) is 50.5 Å². The number of imide groups is 2. The van der Waals surface area contributed by atoms with Gasteiger partial charge in [0.25, 0.3) is 35.4 Å². The Balaban J connectivity index is 0.00000121. The van der Waals surface area contributed by atoms with Gasteiger partial charge in [-0.15, -0.1) is 0 Å². The van der Waals surface area contributed by atoms with Crippen LogP contribution in [0.15, 0.2) is 36.4 Å². The van der Waals surface area contributed by atoms with Crippen molar-refractivity contribution >= 4 is 35.4 Å². The summed E-state index contributed by atoms with van der Waals surface area (Å²) in [6.45, 7) is 8.72. The van der Waals surface area contributed by atoms with Gasteiger partial charge in [0.05, 0.1) is 22.3 Å². The highest BCUT2D eigenvalue weighted by Gasteiger charge is 2.34. The first-order valence-electron chi connectivity index (χ1n) is 12.7. The van der Waals surface area contributed by atoms with Gasteiger partial charge >= 0.3 is 0 Å². The molecule has 0 aromatic heterocycles. The molecule has 0 saturated carbocycles. The molecule has 0 spiro atoms. The Morgan fingerprint density at radius 3 is 1.24 bits per heavy atom. The standard InChI is InChI=1S/C24H22N4O6.2C2H6/c1-27-21(31)15-7-5-13(11-17(15)23(27)33)19(29)25-9-3-4-10-26-20(30)14-6-8-16-18(12-14)24(34)28(2)22(16)32;2*1-2/h5-8,11-12H,3-4,9-10H2,1-2H3,(H,25,29)(H,26,30);2*1-2H3. The van der Waals surface area contributed by atoms with Crippen molar-refractivity contribution in [2.45, 2.75) is 40.5 Å². The normalized spacial score (nSPS) is 13.2. The van der Waals surface area contributed by atoms with E-state index in [2.05, 4.69) is 10.6 Å². The van der Waals surface area contributed by atoms with Crippen molar-refractivity contribution in [3.05, 3.63) is 69.8 Å². The lowest BCUT2D eigenvalue weighted by Crippen LogP contribution is -2.27. The fourth-order valence-electron chi connectivity index (χ4n) is 3.86. The fourth-order valence-corrected chi connectivity index (χ4v) is 3.86. The Kier molecular flexibility index (Phi) is 10.4. The molecule has 10 nitrogen and oxygen atoms in total. The molecule has 38 heavy (non-hydrogen) atoms. The Bertz CT molecular complexity index is 1170. The van der Waals surface area contributed by atoms with Crippen molar-refractivity contribution in [3.63, 3.8) is 0 Å². The molecule has 2 aromatic carbocycles. The van der Waals surface area contributed by atoms with E-state index in [0.29, 0.717) is 37.1 Å². The summed E-state index contributed by atoms with van der Waals surface area (Å²) in [5, 5.41) is 5.51. The maximum Gasteiger partial charge on any atom is 0.261 e. The third-order valence-electron chi connectivity index (χ3n) is 5.88. The monoisotopic (exact) mass is 522 g/mol. The number of fused-ring (bicyclic) bond motifs is 2. The highest BCUT2D eigenvalue weighted by molar-refractivity contribution is 6.22. The smallest absolute Gasteiger partial charge is 0.261 e. The zero-order valence-corrected chi connectivity index (χ0v) is 22.6. The van der Waals surface area contributed by atoms with Gasteiger partial charge in [-0.05, 0) is 49.2 Å². The number of hydrogen-bond acceptors (Lipinski definition) is 6. The van der Waals surface area contributed by atoms with Crippen molar-refractivity contribution in [2.75, 3.05) is 27.2 Å². The summed E-state index contributed by atoms with van der Waals surface area (Å²) in [6, 6.07) is 8.80. The summed E-state index contributed by atoms with van der Waals surface area (Å²) in [7, 11) is 2.79. The minimum absolute atomic E-state index is 0.215. The number of unbranched alkanes of at least 4 members (excludes halogenated alkanes) is 1. The fraction of sp³-hybridized carbons (Fsp3) is 0.357. The molecule has 2 aliphatic rings. The van der Waals surface area contributed by atoms with Gasteiger partial charge < -0.3 is 10.6 Å². The van der Waals surface area contributed by atoms with Crippen LogP contribution >= 0.6 is 0 Å². The Labute approximate surface area is 222 Å². The second-order valence-corrected chi connectivity index (χ2v) is 8.08. The molecule has 10 heteroatoms. The van der Waals surface area contributed by atoms with Crippen LogP contribution in [0.5, 0.6) is 0 Å². The van der Waals surface area contributed by atoms with E-state index in [9.17, 15) is 28.8 Å². The van der Waals surface area contributed by atoms with E-state index in [4.69, 9.17) is 0 Å². The van der Waals surface area contributed by atoms with Crippen LogP contribution in [-0.2, 0) is 0 Å². The molecule has 0 fully saturated rings. The van der Waals surface area contributed by atoms with E-state index in [-0.39, 0.29) is 45.9 Å². The topological polar surface area (TPSA) is 133 Å². The Morgan fingerprint density at radius 1 is 0.579 bits per heavy atom. The molecule has 2 heterocycles. The average Bonchev–Trinajstić information content (AvgIpc) is 3.31. The number of amides is 6. The summed E-state index contributed by atoms with van der Waals surface area (Å²) < 4.78 is 0. The van der Waals surface area contributed by atoms with Gasteiger partial charge in [0, 0.05) is 38.3 Å². The van der Waals surface area contributed by atoms with E-state index in [1.807, 2.05) is 27.7 Å². The minimum atomic E-state index is -0.434. The molecule has 0 atom stereocenters. The lowest BCUT2D eigenvalue weighted by molar-refractivity contribution is 0.0677. The number of nitrogens with one attached hydrogen (secondary N) is 2. The first-order valence-corrected chi connectivity index (χ1v) is 12.7. The summed E-state index contributed by atoms with van der Waals surface area (Å²) >= 11 is 0. The third-order valence-corrected chi connectivity index (χ3v) is 5.88. The van der Waals surface area contributed by atoms with Crippen LogP contribution in [-0.4, -0.2) is 72.4 Å². The van der Waals surface area contributed by atoms with E-state index >= 15 is 0 Å². The van der Waals surface area contributed by atoms with Crippen molar-refractivity contribution in [1.29, 1.82) is 0 Å². The highest BCUT2D eigenvalue weighted by atomic mass is 16.2. The van der Waals surface area contributed by atoms with Crippen LogP contribution in [0.2, 0.25) is 0 Å². The molecule has 2 aromatic rings. The summed E-state index contributed by atoms with van der Waals surface area (Å²) in [5.74, 6) is -2.36. The second-order valence-electron chi connectivity index (χ2n) is 8.08. The van der Waals surface area contributed by atoms with Gasteiger partial charge in [-0.1, -0.05) is 27.7 Å². The molecule has 4 rings (SSSR count). The van der Waals surface area contributed by atoms with E-state index < -0.39 is 11.8 Å². The van der Waals surface area contributed by atoms with Gasteiger partial charge in [0.15, 0.2) is 0 Å². The zero-order chi connectivity index (χ0) is 28.6. The van der Waals surface area contributed by atoms with Gasteiger partial charge in [0.1, 0.15) is 0 Å². The third kappa shape index (κ3) is 5.96. The predicted octanol–water partition coefficient (Wildman–Crippen LogP) is 3.13. The second kappa shape index (κ2) is 13.3. The number of carbonyl (C=O) groups excluding carboxylic acids is 6. The Morgan fingerprint density at radius 2 is 0.895 bits per heavy atom. The number of carbonyl (C=O) groups is 6. The van der Waals surface area contributed by atoms with Gasteiger partial charge in [-0.2, -0.15) is 0 Å². The number of nitrogens with zero attached hydrogens (tertiary/aromatic N) is 2. The molecule has 2 aliphatic heterocycles. The van der Waals surface area contributed by atoms with Crippen LogP contribution in [0, 0.1) is 0 Å². The van der Waals surface area contributed by atoms with Crippen LogP contribution in [0.1, 0.15) is 103 Å². The lowest BCUT2D eigenvalue weighted by atomic mass is 10.1. The van der Waals surface area contributed by atoms with Crippen molar-refractivity contribution in [1.82, 2.24) is 20.4 Å². The lowest BCUT2D eigenvalue weighted by Gasteiger charge is -2.08. The first-order chi connectivity index (χ1) is 18.2. The van der Waals surface area contributed by atoms with Crippen LogP contribution in [0.4, 0.5) is 0 Å². The highest BCUT2D eigenvalue weighted by Crippen LogP contribution is 2.23. The first kappa shape index (κ1) is 29.9. The number of hydrogen-bond donors (Lipinski definition) is 2. The summed E-state index contributed by atoms with van der Waals surface area (Å²) in [5.41, 5.74) is 1.58. The summed E-state index contributed by atoms with van der Waals surface area (Å²) in [6.07, 6.45) is 1.19. The number of rotatable bonds is 7. The SMILES string of the molecule is CC.CC.CN1C(=O)c2ccc(C(=O)NCCCCNC(=O)c3ccc4c(c3)C(=O)N(C)C4=O)cc2C1=O. The van der Waals surface area contributed by atoms with Crippen LogP contribution in [0.25, 0.3) is 0 Å². The molecular formula is C28H34N4O6. The molecule has 0 saturated heterocycles. The molecular weight excluding hydrogens is 488 g/mol. The molecule has 0 unspecified atom stereocenters. The maximum atomic E-state index is 12.4. The molecule has 0 bridgehead atoms. The summed E-state index contributed by atoms with van der Waals surface area (Å²) in [4.78, 5) is 74.8. The molecule has 202 valence electrons. The molecule has 6 amide bonds. The molecule has 0 aliphatic carbocycles. The Hall–Kier alpha value is -4.34. The zero-order valence-electron chi connectivity index (χ0n) is 22.6. The molecule has 2 N–H and O–H groups in total. The minimum Gasteiger partial charge on any atom is -0.352 e. The quantitative estimate of drug-likeness (QED) is 0.424. The maximum absolute atomic E-state index is 12.4. The van der Waals surface area contributed by atoms with Crippen LogP contribution < -0.4 is 10.6 Å².